The number of imide groups is 2. The maximum absolute atomic E-state index is 13.0. The van der Waals surface area contributed by atoms with Crippen LogP contribution in [0.4, 0.5) is 0 Å². The topological polar surface area (TPSA) is 131 Å². The molecule has 2 aliphatic heterocycles. The Labute approximate surface area is 204 Å². The summed E-state index contributed by atoms with van der Waals surface area (Å²) in [5.41, 5.74) is 0.00271. The van der Waals surface area contributed by atoms with Crippen LogP contribution in [0.2, 0.25) is 0 Å². The molecule has 1 aromatic carbocycles. The smallest absolute Gasteiger partial charge is 0.266 e. The number of carbonyl (C=O) groups is 5. The highest BCUT2D eigenvalue weighted by atomic mass is 16.5. The van der Waals surface area contributed by atoms with Crippen molar-refractivity contribution in [2.24, 2.45) is 0 Å². The molecule has 1 saturated heterocycles. The average Bonchev–Trinajstić information content (AvgIpc) is 3.04. The minimum Gasteiger partial charge on any atom is -0.493 e. The predicted octanol–water partition coefficient (Wildman–Crippen LogP) is 1.96. The molecular weight excluding hydrogens is 454 g/mol. The molecule has 0 aliphatic carbocycles. The Bertz CT molecular complexity index is 999. The number of fused-ring (bicyclic) bond motifs is 1. The second kappa shape index (κ2) is 11.4. The van der Waals surface area contributed by atoms with Crippen LogP contribution in [0, 0.1) is 0 Å². The van der Waals surface area contributed by atoms with Gasteiger partial charge in [-0.2, -0.15) is 0 Å². The lowest BCUT2D eigenvalue weighted by Crippen LogP contribution is -2.54. The van der Waals surface area contributed by atoms with Gasteiger partial charge in [-0.05, 0) is 52.2 Å². The molecule has 0 aromatic heterocycles. The molecule has 1 atom stereocenters. The van der Waals surface area contributed by atoms with E-state index in [9.17, 15) is 24.0 Å². The zero-order valence-electron chi connectivity index (χ0n) is 20.5. The van der Waals surface area contributed by atoms with Crippen LogP contribution in [-0.4, -0.2) is 65.8 Å². The van der Waals surface area contributed by atoms with Crippen molar-refractivity contribution in [2.75, 3.05) is 19.8 Å². The number of benzene rings is 1. The second-order valence-corrected chi connectivity index (χ2v) is 9.64. The molecule has 2 aliphatic rings. The van der Waals surface area contributed by atoms with Gasteiger partial charge in [0.2, 0.25) is 17.7 Å². The van der Waals surface area contributed by atoms with Crippen molar-refractivity contribution in [3.63, 3.8) is 0 Å². The highest BCUT2D eigenvalue weighted by Gasteiger charge is 2.45. The quantitative estimate of drug-likeness (QED) is 0.360. The van der Waals surface area contributed by atoms with Crippen molar-refractivity contribution < 1.29 is 33.4 Å². The van der Waals surface area contributed by atoms with Crippen molar-refractivity contribution in [1.29, 1.82) is 0 Å². The number of nitrogens with zero attached hydrogens (tertiary/aromatic N) is 1. The van der Waals surface area contributed by atoms with E-state index in [1.165, 1.54) is 6.07 Å². The van der Waals surface area contributed by atoms with Gasteiger partial charge in [-0.1, -0.05) is 18.9 Å². The number of hydrogen-bond acceptors (Lipinski definition) is 7. The fraction of sp³-hybridized carbons (Fsp3) is 0.560. The van der Waals surface area contributed by atoms with Gasteiger partial charge in [-0.3, -0.25) is 34.2 Å². The van der Waals surface area contributed by atoms with E-state index in [1.807, 2.05) is 20.8 Å². The van der Waals surface area contributed by atoms with Gasteiger partial charge in [0.05, 0.1) is 23.3 Å². The number of carbonyl (C=O) groups excluding carboxylic acids is 5. The molecule has 2 heterocycles. The van der Waals surface area contributed by atoms with Gasteiger partial charge in [0, 0.05) is 13.0 Å². The zero-order chi connectivity index (χ0) is 25.6. The van der Waals surface area contributed by atoms with Crippen molar-refractivity contribution in [1.82, 2.24) is 15.5 Å². The summed E-state index contributed by atoms with van der Waals surface area (Å²) in [5.74, 6) is -2.02. The maximum Gasteiger partial charge on any atom is 0.266 e. The average molecular weight is 488 g/mol. The molecular formula is C25H33N3O7. The van der Waals surface area contributed by atoms with Crippen LogP contribution in [0.5, 0.6) is 5.75 Å². The molecule has 10 nitrogen and oxygen atoms in total. The van der Waals surface area contributed by atoms with Crippen LogP contribution < -0.4 is 15.4 Å². The van der Waals surface area contributed by atoms with Crippen molar-refractivity contribution in [3.8, 4) is 5.75 Å². The molecule has 2 N–H and O–H groups in total. The lowest BCUT2D eigenvalue weighted by Gasteiger charge is -2.27. The van der Waals surface area contributed by atoms with E-state index in [1.54, 1.807) is 12.1 Å². The van der Waals surface area contributed by atoms with E-state index >= 15 is 0 Å². The Morgan fingerprint density at radius 2 is 1.83 bits per heavy atom. The van der Waals surface area contributed by atoms with Gasteiger partial charge in [-0.15, -0.1) is 0 Å². The van der Waals surface area contributed by atoms with E-state index in [0.29, 0.717) is 18.9 Å². The van der Waals surface area contributed by atoms with Gasteiger partial charge in [0.15, 0.2) is 0 Å². The Morgan fingerprint density at radius 1 is 1.09 bits per heavy atom. The summed E-state index contributed by atoms with van der Waals surface area (Å²) in [6.07, 6.45) is 3.52. The van der Waals surface area contributed by atoms with Crippen LogP contribution in [0.15, 0.2) is 18.2 Å². The van der Waals surface area contributed by atoms with Crippen LogP contribution >= 0.6 is 0 Å². The third-order valence-electron chi connectivity index (χ3n) is 5.72. The number of ether oxygens (including phenoxy) is 2. The summed E-state index contributed by atoms with van der Waals surface area (Å²) in [6.45, 7) is 6.67. The molecule has 0 saturated carbocycles. The van der Waals surface area contributed by atoms with Crippen LogP contribution in [0.3, 0.4) is 0 Å². The molecule has 1 unspecified atom stereocenters. The number of rotatable bonds is 11. The van der Waals surface area contributed by atoms with E-state index in [4.69, 9.17) is 9.47 Å². The first-order valence-corrected chi connectivity index (χ1v) is 12.0. The minimum absolute atomic E-state index is 0.0426. The summed E-state index contributed by atoms with van der Waals surface area (Å²) in [5, 5.41) is 5.01. The molecule has 190 valence electrons. The molecule has 3 rings (SSSR count). The third-order valence-corrected chi connectivity index (χ3v) is 5.72. The van der Waals surface area contributed by atoms with Crippen LogP contribution in [0.25, 0.3) is 0 Å². The number of unbranched alkanes of at least 4 members (excludes halogenated alkanes) is 3. The van der Waals surface area contributed by atoms with Crippen LogP contribution in [0.1, 0.15) is 80.0 Å². The number of nitrogens with one attached hydrogen (secondary N) is 2. The van der Waals surface area contributed by atoms with Crippen LogP contribution in [-0.2, 0) is 19.1 Å². The molecule has 0 bridgehead atoms. The molecule has 35 heavy (non-hydrogen) atoms. The van der Waals surface area contributed by atoms with Gasteiger partial charge in [-0.25, -0.2) is 0 Å². The highest BCUT2D eigenvalue weighted by Crippen LogP contribution is 2.33. The lowest BCUT2D eigenvalue weighted by molar-refractivity contribution is -0.136. The summed E-state index contributed by atoms with van der Waals surface area (Å²) >= 11 is 0. The molecule has 0 radical (unpaired) electrons. The van der Waals surface area contributed by atoms with E-state index in [-0.39, 0.29) is 42.1 Å². The second-order valence-electron chi connectivity index (χ2n) is 9.64. The Hall–Kier alpha value is -3.27. The first-order chi connectivity index (χ1) is 16.6. The normalized spacial score (nSPS) is 17.9. The van der Waals surface area contributed by atoms with Gasteiger partial charge in [0.25, 0.3) is 11.8 Å². The standard InChI is InChI=1S/C25H33N3O7/c1-25(2,3)35-15-20(30)26-13-6-4-5-7-14-34-18-10-8-9-16-21(18)24(33)28(23(16)32)17-11-12-19(29)27-22(17)31/h8-10,17H,4-7,11-15H2,1-3H3,(H,26,30)(H,27,29,31). The summed E-state index contributed by atoms with van der Waals surface area (Å²) in [7, 11) is 0. The fourth-order valence-electron chi connectivity index (χ4n) is 3.93. The predicted molar refractivity (Wildman–Crippen MR) is 126 cm³/mol. The largest absolute Gasteiger partial charge is 0.493 e. The van der Waals surface area contributed by atoms with Crippen molar-refractivity contribution in [2.45, 2.75) is 70.9 Å². The molecule has 5 amide bonds. The Kier molecular flexibility index (Phi) is 8.61. The first kappa shape index (κ1) is 26.3. The van der Waals surface area contributed by atoms with Crippen molar-refractivity contribution >= 4 is 29.5 Å². The SMILES string of the molecule is CC(C)(C)OCC(=O)NCCCCCCOc1cccc2c1C(=O)N(C1CCC(=O)NC1=O)C2=O. The molecule has 1 aromatic rings. The maximum atomic E-state index is 13.0. The third kappa shape index (κ3) is 6.88. The Morgan fingerprint density at radius 3 is 2.54 bits per heavy atom. The number of amides is 5. The molecule has 1 fully saturated rings. The monoisotopic (exact) mass is 487 g/mol. The summed E-state index contributed by atoms with van der Waals surface area (Å²) < 4.78 is 11.2. The molecule has 10 heteroatoms. The summed E-state index contributed by atoms with van der Waals surface area (Å²) in [4.78, 5) is 62.2. The highest BCUT2D eigenvalue weighted by molar-refractivity contribution is 6.24. The molecule has 0 spiro atoms. The first-order valence-electron chi connectivity index (χ1n) is 12.0. The lowest BCUT2D eigenvalue weighted by atomic mass is 10.0. The van der Waals surface area contributed by atoms with Gasteiger partial charge < -0.3 is 14.8 Å². The minimum atomic E-state index is -1.01. The summed E-state index contributed by atoms with van der Waals surface area (Å²) in [6, 6.07) is 3.80. The van der Waals surface area contributed by atoms with Gasteiger partial charge in [0.1, 0.15) is 18.4 Å². The van der Waals surface area contributed by atoms with E-state index < -0.39 is 29.7 Å². The van der Waals surface area contributed by atoms with Gasteiger partial charge >= 0.3 is 0 Å². The van der Waals surface area contributed by atoms with E-state index in [2.05, 4.69) is 10.6 Å². The zero-order valence-corrected chi connectivity index (χ0v) is 20.5. The number of piperidine rings is 1. The Balaban J connectivity index is 1.42. The van der Waals surface area contributed by atoms with E-state index in [0.717, 1.165) is 30.6 Å². The fourth-order valence-corrected chi connectivity index (χ4v) is 3.93. The number of hydrogen-bond donors (Lipinski definition) is 2. The van der Waals surface area contributed by atoms with Crippen molar-refractivity contribution in [3.05, 3.63) is 29.3 Å².